The summed E-state index contributed by atoms with van der Waals surface area (Å²) >= 11 is 0. The van der Waals surface area contributed by atoms with Crippen molar-refractivity contribution >= 4 is 55.1 Å². The normalized spacial score (nSPS) is 16.7. The van der Waals surface area contributed by atoms with Crippen LogP contribution in [-0.2, 0) is 5.41 Å². The van der Waals surface area contributed by atoms with Crippen LogP contribution >= 0.6 is 0 Å². The molecule has 0 amide bonds. The fourth-order valence-corrected chi connectivity index (χ4v) is 8.24. The summed E-state index contributed by atoms with van der Waals surface area (Å²) in [6.07, 6.45) is 4.66. The Balaban J connectivity index is 1.25. The summed E-state index contributed by atoms with van der Waals surface area (Å²) in [4.78, 5) is 0. The minimum absolute atomic E-state index is 0.0272. The number of benzene rings is 6. The van der Waals surface area contributed by atoms with E-state index in [0.717, 1.165) is 17.0 Å². The number of rotatable bonds is 3. The molecule has 1 unspecified atom stereocenters. The van der Waals surface area contributed by atoms with Gasteiger partial charge in [-0.25, -0.2) is 0 Å². The molecule has 10 rings (SSSR count). The molecule has 8 aromatic rings. The van der Waals surface area contributed by atoms with Crippen molar-refractivity contribution in [2.75, 3.05) is 0 Å². The first-order chi connectivity index (χ1) is 23.1. The number of nitrogens with zero attached hydrogens (tertiary/aromatic N) is 1. The lowest BCUT2D eigenvalue weighted by Crippen LogP contribution is -2.25. The molecular weight excluding hydrogens is 572 g/mol. The summed E-state index contributed by atoms with van der Waals surface area (Å²) < 4.78 is 8.79. The van der Waals surface area contributed by atoms with Gasteiger partial charge in [-0.1, -0.05) is 117 Å². The monoisotopic (exact) mass is 604 g/mol. The highest BCUT2D eigenvalue weighted by atomic mass is 16.3. The lowest BCUT2D eigenvalue weighted by molar-refractivity contribution is 0.657. The zero-order valence-corrected chi connectivity index (χ0v) is 26.3. The highest BCUT2D eigenvalue weighted by molar-refractivity contribution is 6.15. The standard InChI is InChI=1S/C44H32N2O/c1-44(2)35-25-34-30-17-9-11-19-37(30)46(41-24-29(27-13-5-3-6-14-27)23-36(45-41)28-15-7-4-8-16-28)38(34)26-33(35)31-21-22-40-42(43(31)44)32-18-10-12-20-39(32)47-40/h3-26,36,45H,1-2H3. The molecule has 0 fully saturated rings. The Morgan fingerprint density at radius 3 is 2.19 bits per heavy atom. The first kappa shape index (κ1) is 26.4. The minimum atomic E-state index is -0.196. The SMILES string of the molecule is CC1(C)c2cc3c4ccccc4n(C4=CC(c5ccccc5)=CC(c5ccccc5)N4)c3cc2-c2ccc3oc4ccccc4c3c21. The van der Waals surface area contributed by atoms with Crippen molar-refractivity contribution in [3.05, 3.63) is 168 Å². The lowest BCUT2D eigenvalue weighted by Gasteiger charge is -2.27. The van der Waals surface area contributed by atoms with Crippen LogP contribution in [0.2, 0.25) is 0 Å². The average Bonchev–Trinajstić information content (AvgIpc) is 3.73. The summed E-state index contributed by atoms with van der Waals surface area (Å²) in [5, 5.41) is 8.87. The van der Waals surface area contributed by atoms with E-state index in [4.69, 9.17) is 4.42 Å². The number of fused-ring (bicyclic) bond motifs is 10. The molecule has 2 aromatic heterocycles. The summed E-state index contributed by atoms with van der Waals surface area (Å²) in [6, 6.07) is 48.1. The second-order valence-electron chi connectivity index (χ2n) is 13.4. The Bertz CT molecular complexity index is 2620. The molecule has 224 valence electrons. The average molecular weight is 605 g/mol. The van der Waals surface area contributed by atoms with Crippen molar-refractivity contribution in [2.24, 2.45) is 0 Å². The molecule has 1 N–H and O–H groups in total. The number of allylic oxidation sites excluding steroid dienone is 2. The molecule has 1 atom stereocenters. The number of para-hydroxylation sites is 2. The van der Waals surface area contributed by atoms with Gasteiger partial charge in [-0.2, -0.15) is 0 Å². The van der Waals surface area contributed by atoms with Crippen LogP contribution in [0, 0.1) is 0 Å². The quantitative estimate of drug-likeness (QED) is 0.217. The highest BCUT2D eigenvalue weighted by Gasteiger charge is 2.39. The van der Waals surface area contributed by atoms with E-state index in [1.807, 2.05) is 0 Å². The number of aromatic nitrogens is 1. The van der Waals surface area contributed by atoms with Crippen molar-refractivity contribution in [3.8, 4) is 11.1 Å². The smallest absolute Gasteiger partial charge is 0.135 e. The summed E-state index contributed by atoms with van der Waals surface area (Å²) in [7, 11) is 0. The topological polar surface area (TPSA) is 30.1 Å². The van der Waals surface area contributed by atoms with Gasteiger partial charge in [0.1, 0.15) is 17.0 Å². The fourth-order valence-electron chi connectivity index (χ4n) is 8.24. The predicted molar refractivity (Wildman–Crippen MR) is 195 cm³/mol. The van der Waals surface area contributed by atoms with Crippen molar-refractivity contribution in [1.82, 2.24) is 9.88 Å². The van der Waals surface area contributed by atoms with Gasteiger partial charge in [0.2, 0.25) is 0 Å². The van der Waals surface area contributed by atoms with Crippen molar-refractivity contribution in [2.45, 2.75) is 25.3 Å². The third kappa shape index (κ3) is 3.74. The molecule has 3 heterocycles. The van der Waals surface area contributed by atoms with E-state index in [1.165, 1.54) is 71.5 Å². The van der Waals surface area contributed by atoms with E-state index in [0.29, 0.717) is 0 Å². The van der Waals surface area contributed by atoms with Crippen molar-refractivity contribution in [1.29, 1.82) is 0 Å². The summed E-state index contributed by atoms with van der Waals surface area (Å²) in [5.74, 6) is 1.07. The molecule has 3 nitrogen and oxygen atoms in total. The van der Waals surface area contributed by atoms with Crippen LogP contribution in [0.3, 0.4) is 0 Å². The Morgan fingerprint density at radius 2 is 1.36 bits per heavy atom. The van der Waals surface area contributed by atoms with Crippen LogP contribution in [0.5, 0.6) is 0 Å². The first-order valence-electron chi connectivity index (χ1n) is 16.4. The van der Waals surface area contributed by atoms with Gasteiger partial charge in [0.15, 0.2) is 0 Å². The molecule has 2 aliphatic rings. The zero-order valence-electron chi connectivity index (χ0n) is 26.3. The molecule has 0 bridgehead atoms. The molecule has 0 spiro atoms. The van der Waals surface area contributed by atoms with E-state index in [-0.39, 0.29) is 11.5 Å². The van der Waals surface area contributed by atoms with Gasteiger partial charge in [0.25, 0.3) is 0 Å². The molecule has 1 aliphatic heterocycles. The Labute approximate surface area is 273 Å². The number of furan rings is 1. The van der Waals surface area contributed by atoms with Gasteiger partial charge in [-0.3, -0.25) is 4.57 Å². The number of hydrogen-bond acceptors (Lipinski definition) is 2. The highest BCUT2D eigenvalue weighted by Crippen LogP contribution is 2.54. The van der Waals surface area contributed by atoms with Gasteiger partial charge in [0.05, 0.1) is 17.1 Å². The third-order valence-electron chi connectivity index (χ3n) is 10.4. The third-order valence-corrected chi connectivity index (χ3v) is 10.4. The maximum absolute atomic E-state index is 6.36. The molecule has 1 aliphatic carbocycles. The molecule has 3 heteroatoms. The van der Waals surface area contributed by atoms with E-state index >= 15 is 0 Å². The number of hydrogen-bond donors (Lipinski definition) is 1. The van der Waals surface area contributed by atoms with Gasteiger partial charge in [-0.15, -0.1) is 0 Å². The van der Waals surface area contributed by atoms with E-state index in [1.54, 1.807) is 0 Å². The van der Waals surface area contributed by atoms with Crippen molar-refractivity contribution in [3.63, 3.8) is 0 Å². The summed E-state index contributed by atoms with van der Waals surface area (Å²) in [5.41, 5.74) is 13.0. The second-order valence-corrected chi connectivity index (χ2v) is 13.4. The Morgan fingerprint density at radius 1 is 0.638 bits per heavy atom. The van der Waals surface area contributed by atoms with Crippen LogP contribution in [-0.4, -0.2) is 4.57 Å². The molecule has 0 radical (unpaired) electrons. The van der Waals surface area contributed by atoms with Crippen LogP contribution in [0.15, 0.2) is 150 Å². The van der Waals surface area contributed by atoms with Crippen molar-refractivity contribution < 1.29 is 4.42 Å². The summed E-state index contributed by atoms with van der Waals surface area (Å²) in [6.45, 7) is 4.74. The van der Waals surface area contributed by atoms with E-state index < -0.39 is 0 Å². The zero-order chi connectivity index (χ0) is 31.3. The molecule has 0 saturated carbocycles. The number of dihydropyridines is 1. The van der Waals surface area contributed by atoms with Gasteiger partial charge < -0.3 is 9.73 Å². The van der Waals surface area contributed by atoms with E-state index in [2.05, 4.69) is 169 Å². The maximum atomic E-state index is 6.36. The van der Waals surface area contributed by atoms with E-state index in [9.17, 15) is 0 Å². The first-order valence-corrected chi connectivity index (χ1v) is 16.4. The molecule has 47 heavy (non-hydrogen) atoms. The second kappa shape index (κ2) is 9.60. The minimum Gasteiger partial charge on any atom is -0.456 e. The van der Waals surface area contributed by atoms with Gasteiger partial charge in [-0.05, 0) is 81.4 Å². The van der Waals surface area contributed by atoms with Gasteiger partial charge >= 0.3 is 0 Å². The van der Waals surface area contributed by atoms with Crippen LogP contribution in [0.1, 0.15) is 42.1 Å². The molecule has 0 saturated heterocycles. The van der Waals surface area contributed by atoms with Crippen LogP contribution < -0.4 is 5.32 Å². The molecular formula is C44H32N2O. The predicted octanol–water partition coefficient (Wildman–Crippen LogP) is 11.2. The lowest BCUT2D eigenvalue weighted by atomic mass is 9.80. The van der Waals surface area contributed by atoms with Gasteiger partial charge in [0, 0.05) is 27.0 Å². The maximum Gasteiger partial charge on any atom is 0.135 e. The largest absolute Gasteiger partial charge is 0.456 e. The Hall–Kier alpha value is -5.80. The van der Waals surface area contributed by atoms with Crippen LogP contribution in [0.25, 0.3) is 66.3 Å². The van der Waals surface area contributed by atoms with Crippen LogP contribution in [0.4, 0.5) is 0 Å². The molecule has 6 aromatic carbocycles. The Kier molecular flexibility index (Phi) is 5.40. The number of nitrogens with one attached hydrogen (secondary N) is 1. The fraction of sp³-hybridized carbons (Fsp3) is 0.0909.